The number of fused-ring (bicyclic) bond motifs is 8. The van der Waals surface area contributed by atoms with Crippen LogP contribution in [0, 0.1) is 5.41 Å². The highest BCUT2D eigenvalue weighted by Crippen LogP contribution is 2.39. The highest BCUT2D eigenvalue weighted by atomic mass is 15.5. The average molecular weight is 682 g/mol. The van der Waals surface area contributed by atoms with Crippen LogP contribution in [0.3, 0.4) is 0 Å². The first-order chi connectivity index (χ1) is 26.2. The van der Waals surface area contributed by atoms with E-state index >= 15 is 0 Å². The Hall–Kier alpha value is -7.11. The van der Waals surface area contributed by atoms with Crippen molar-refractivity contribution >= 4 is 60.2 Å². The van der Waals surface area contributed by atoms with E-state index in [1.54, 1.807) is 0 Å². The first-order valence-electron chi connectivity index (χ1n) is 18.0. The molecule has 10 aromatic rings. The third kappa shape index (κ3) is 5.21. The van der Waals surface area contributed by atoms with Gasteiger partial charge in [-0.15, -0.1) is 0 Å². The normalized spacial score (nSPS) is 12.2. The topological polar surface area (TPSA) is 57.8 Å². The number of aromatic nitrogens is 2. The van der Waals surface area contributed by atoms with E-state index in [-0.39, 0.29) is 0 Å². The summed E-state index contributed by atoms with van der Waals surface area (Å²) in [5.74, 6) is 0.348. The van der Waals surface area contributed by atoms with Crippen molar-refractivity contribution < 1.29 is 0 Å². The molecule has 0 radical (unpaired) electrons. The van der Waals surface area contributed by atoms with Gasteiger partial charge in [-0.1, -0.05) is 152 Å². The molecule has 1 atom stereocenters. The number of hydrogen-bond acceptors (Lipinski definition) is 2. The summed E-state index contributed by atoms with van der Waals surface area (Å²) in [5, 5.41) is 19.7. The third-order valence-corrected chi connectivity index (χ3v) is 10.4. The molecule has 53 heavy (non-hydrogen) atoms. The van der Waals surface area contributed by atoms with Crippen molar-refractivity contribution in [3.8, 4) is 16.8 Å². The maximum Gasteiger partial charge on any atom is 0.138 e. The monoisotopic (exact) mass is 681 g/mol. The quantitative estimate of drug-likeness (QED) is 0.0891. The van der Waals surface area contributed by atoms with Gasteiger partial charge in [0.1, 0.15) is 12.0 Å². The molecule has 0 aliphatic heterocycles. The molecule has 0 aliphatic carbocycles. The molecule has 0 amide bonds. The second kappa shape index (κ2) is 12.6. The Labute approximate surface area is 306 Å². The maximum absolute atomic E-state index is 9.06. The van der Waals surface area contributed by atoms with Crippen LogP contribution in [0.1, 0.15) is 17.3 Å². The fourth-order valence-electron chi connectivity index (χ4n) is 7.90. The molecule has 2 heterocycles. The summed E-state index contributed by atoms with van der Waals surface area (Å²) in [6.45, 7) is 0. The molecule has 3 N–H and O–H groups in total. The van der Waals surface area contributed by atoms with Gasteiger partial charge < -0.3 is 9.88 Å². The van der Waals surface area contributed by atoms with Crippen LogP contribution in [0.2, 0.25) is 0 Å². The number of benzene rings is 8. The van der Waals surface area contributed by atoms with Gasteiger partial charge in [0.05, 0.1) is 22.1 Å². The number of amidine groups is 1. The fourth-order valence-corrected chi connectivity index (χ4v) is 7.90. The SMILES string of the molecule is N=C(NC(Nn1c2cc(-c3ccc4c(c3)c3ccccc3n4-c3ccccc3)ccc2c2ccc3ccccc3c21)c1ccccc1)c1ccccc1. The van der Waals surface area contributed by atoms with Gasteiger partial charge in [-0.25, -0.2) is 0 Å². The molecule has 0 saturated carbocycles. The average Bonchev–Trinajstić information content (AvgIpc) is 3.73. The van der Waals surface area contributed by atoms with E-state index in [0.29, 0.717) is 5.84 Å². The van der Waals surface area contributed by atoms with E-state index in [0.717, 1.165) is 49.7 Å². The minimum atomic E-state index is -0.397. The van der Waals surface area contributed by atoms with Crippen molar-refractivity contribution in [2.24, 2.45) is 0 Å². The lowest BCUT2D eigenvalue weighted by Crippen LogP contribution is -2.37. The predicted molar refractivity (Wildman–Crippen MR) is 222 cm³/mol. The highest BCUT2D eigenvalue weighted by molar-refractivity contribution is 6.18. The summed E-state index contributed by atoms with van der Waals surface area (Å²) >= 11 is 0. The van der Waals surface area contributed by atoms with E-state index in [4.69, 9.17) is 5.41 Å². The summed E-state index contributed by atoms with van der Waals surface area (Å²) in [5.41, 5.74) is 13.7. The molecule has 2 aromatic heterocycles. The van der Waals surface area contributed by atoms with Crippen LogP contribution in [0.15, 0.2) is 188 Å². The van der Waals surface area contributed by atoms with Gasteiger partial charge in [0.15, 0.2) is 0 Å². The van der Waals surface area contributed by atoms with Gasteiger partial charge in [0.25, 0.3) is 0 Å². The zero-order valence-corrected chi connectivity index (χ0v) is 28.9. The number of rotatable bonds is 7. The van der Waals surface area contributed by atoms with Crippen LogP contribution in [0.5, 0.6) is 0 Å². The fraction of sp³-hybridized carbons (Fsp3) is 0.0208. The Kier molecular flexibility index (Phi) is 7.29. The second-order valence-electron chi connectivity index (χ2n) is 13.5. The minimum Gasteiger partial charge on any atom is -0.345 e. The Morgan fingerprint density at radius 2 is 1.08 bits per heavy atom. The van der Waals surface area contributed by atoms with Crippen molar-refractivity contribution in [2.45, 2.75) is 6.17 Å². The van der Waals surface area contributed by atoms with Crippen LogP contribution in [0.25, 0.3) is 71.2 Å². The number of nitrogens with one attached hydrogen (secondary N) is 3. The maximum atomic E-state index is 9.06. The molecule has 5 nitrogen and oxygen atoms in total. The molecule has 252 valence electrons. The third-order valence-electron chi connectivity index (χ3n) is 10.4. The van der Waals surface area contributed by atoms with E-state index in [2.05, 4.69) is 160 Å². The van der Waals surface area contributed by atoms with Gasteiger partial charge in [0, 0.05) is 38.2 Å². The molecule has 0 saturated heterocycles. The first-order valence-corrected chi connectivity index (χ1v) is 18.0. The standard InChI is InChI=1S/C48H35N5/c49-47(33-15-4-1-5-16-33)50-48(34-17-6-2-7-18-34)51-53-45-31-36(25-27-40(45)41-28-24-32-14-10-11-21-38(32)46(41)53)35-26-29-44-42(30-35)39-22-12-13-23-43(39)52(44)37-19-8-3-9-20-37/h1-31,48,51H,(H2,49,50). The molecule has 10 rings (SSSR count). The first kappa shape index (κ1) is 30.7. The van der Waals surface area contributed by atoms with Crippen LogP contribution < -0.4 is 10.7 Å². The summed E-state index contributed by atoms with van der Waals surface area (Å²) in [6.07, 6.45) is -0.397. The lowest BCUT2D eigenvalue weighted by Gasteiger charge is -2.25. The summed E-state index contributed by atoms with van der Waals surface area (Å²) in [4.78, 5) is 0. The molecule has 0 bridgehead atoms. The van der Waals surface area contributed by atoms with Crippen molar-refractivity contribution in [1.82, 2.24) is 14.6 Å². The molecule has 5 heteroatoms. The Bertz CT molecular complexity index is 2960. The second-order valence-corrected chi connectivity index (χ2v) is 13.5. The van der Waals surface area contributed by atoms with Gasteiger partial charge in [-0.3, -0.25) is 15.5 Å². The minimum absolute atomic E-state index is 0.348. The Balaban J connectivity index is 1.16. The van der Waals surface area contributed by atoms with Gasteiger partial charge in [-0.2, -0.15) is 0 Å². The van der Waals surface area contributed by atoms with Crippen molar-refractivity contribution in [2.75, 3.05) is 5.43 Å². The lowest BCUT2D eigenvalue weighted by atomic mass is 10.0. The Morgan fingerprint density at radius 3 is 1.89 bits per heavy atom. The van der Waals surface area contributed by atoms with Crippen molar-refractivity contribution in [3.05, 3.63) is 199 Å². The van der Waals surface area contributed by atoms with E-state index in [9.17, 15) is 0 Å². The van der Waals surface area contributed by atoms with Crippen molar-refractivity contribution in [3.63, 3.8) is 0 Å². The number of nitrogens with zero attached hydrogens (tertiary/aromatic N) is 2. The summed E-state index contributed by atoms with van der Waals surface area (Å²) < 4.78 is 4.59. The Morgan fingerprint density at radius 1 is 0.472 bits per heavy atom. The predicted octanol–water partition coefficient (Wildman–Crippen LogP) is 11.6. The molecule has 0 fully saturated rings. The largest absolute Gasteiger partial charge is 0.345 e. The van der Waals surface area contributed by atoms with Gasteiger partial charge in [0.2, 0.25) is 0 Å². The zero-order valence-electron chi connectivity index (χ0n) is 28.9. The van der Waals surface area contributed by atoms with E-state index in [1.807, 2.05) is 48.5 Å². The van der Waals surface area contributed by atoms with Crippen LogP contribution in [0.4, 0.5) is 0 Å². The lowest BCUT2D eigenvalue weighted by molar-refractivity contribution is 0.655. The van der Waals surface area contributed by atoms with Crippen LogP contribution in [-0.4, -0.2) is 15.1 Å². The number of hydrogen-bond donors (Lipinski definition) is 3. The van der Waals surface area contributed by atoms with E-state index in [1.165, 1.54) is 32.6 Å². The number of para-hydroxylation sites is 2. The van der Waals surface area contributed by atoms with E-state index < -0.39 is 6.17 Å². The molecular formula is C48H35N5. The zero-order chi connectivity index (χ0) is 35.3. The van der Waals surface area contributed by atoms with Crippen molar-refractivity contribution in [1.29, 1.82) is 5.41 Å². The molecule has 8 aromatic carbocycles. The molecule has 0 spiro atoms. The van der Waals surface area contributed by atoms with Gasteiger partial charge >= 0.3 is 0 Å². The highest BCUT2D eigenvalue weighted by Gasteiger charge is 2.20. The molecular weight excluding hydrogens is 647 g/mol. The summed E-state index contributed by atoms with van der Waals surface area (Å²) in [7, 11) is 0. The molecule has 0 aliphatic rings. The van der Waals surface area contributed by atoms with Crippen LogP contribution in [-0.2, 0) is 0 Å². The smallest absolute Gasteiger partial charge is 0.138 e. The molecule has 1 unspecified atom stereocenters. The summed E-state index contributed by atoms with van der Waals surface area (Å²) in [6, 6.07) is 66.1. The van der Waals surface area contributed by atoms with Crippen LogP contribution >= 0.6 is 0 Å². The van der Waals surface area contributed by atoms with Gasteiger partial charge in [-0.05, 0) is 58.5 Å².